The Bertz CT molecular complexity index is 765. The number of aliphatic hydroxyl groups excluding tert-OH is 1. The number of hydrogen-bond acceptors (Lipinski definition) is 4. The van der Waals surface area contributed by atoms with Gasteiger partial charge in [-0.25, -0.2) is 4.39 Å². The van der Waals surface area contributed by atoms with Gasteiger partial charge >= 0.3 is 0 Å². The van der Waals surface area contributed by atoms with E-state index in [1.54, 1.807) is 13.0 Å². The molecule has 1 aliphatic rings. The van der Waals surface area contributed by atoms with Crippen molar-refractivity contribution >= 4 is 17.3 Å². The third kappa shape index (κ3) is 5.27. The van der Waals surface area contributed by atoms with Crippen LogP contribution in [-0.4, -0.2) is 41.0 Å². The predicted octanol–water partition coefficient (Wildman–Crippen LogP) is 3.86. The molecule has 26 heavy (non-hydrogen) atoms. The molecule has 0 aliphatic carbocycles. The molecule has 3 rings (SSSR count). The van der Waals surface area contributed by atoms with Crippen LogP contribution in [0.4, 0.5) is 4.39 Å². The monoisotopic (exact) mass is 376 g/mol. The zero-order valence-corrected chi connectivity index (χ0v) is 15.4. The second kappa shape index (κ2) is 8.62. The van der Waals surface area contributed by atoms with E-state index < -0.39 is 6.10 Å². The summed E-state index contributed by atoms with van der Waals surface area (Å²) < 4.78 is 13.4. The molecule has 0 radical (unpaired) electrons. The lowest BCUT2D eigenvalue weighted by atomic mass is 10.0. The van der Waals surface area contributed by atoms with Gasteiger partial charge in [0.15, 0.2) is 0 Å². The van der Waals surface area contributed by atoms with E-state index in [-0.39, 0.29) is 11.9 Å². The summed E-state index contributed by atoms with van der Waals surface area (Å²) in [5.74, 6) is -0.259. The van der Waals surface area contributed by atoms with Gasteiger partial charge in [-0.05, 0) is 42.3 Å². The lowest BCUT2D eigenvalue weighted by Crippen LogP contribution is -2.37. The summed E-state index contributed by atoms with van der Waals surface area (Å²) >= 11 is 5.92. The van der Waals surface area contributed by atoms with Crippen molar-refractivity contribution in [3.05, 3.63) is 70.5 Å². The highest BCUT2D eigenvalue weighted by Crippen LogP contribution is 2.20. The van der Waals surface area contributed by atoms with E-state index in [2.05, 4.69) is 10.1 Å². The smallest absolute Gasteiger partial charge is 0.145 e. The Morgan fingerprint density at radius 3 is 2.77 bits per heavy atom. The number of aliphatic hydroxyl groups is 1. The van der Waals surface area contributed by atoms with E-state index in [0.29, 0.717) is 31.1 Å². The average molecular weight is 377 g/mol. The molecule has 6 heteroatoms. The van der Waals surface area contributed by atoms with Crippen molar-refractivity contribution in [1.29, 1.82) is 0 Å². The molecule has 2 aromatic rings. The van der Waals surface area contributed by atoms with Crippen molar-refractivity contribution in [3.8, 4) is 0 Å². The molecule has 0 saturated carbocycles. The fourth-order valence-corrected chi connectivity index (χ4v) is 3.22. The average Bonchev–Trinajstić information content (AvgIpc) is 3.03. The maximum Gasteiger partial charge on any atom is 0.145 e. The fourth-order valence-electron chi connectivity index (χ4n) is 3.10. The van der Waals surface area contributed by atoms with Gasteiger partial charge in [-0.3, -0.25) is 4.90 Å². The third-order valence-electron chi connectivity index (χ3n) is 4.19. The molecule has 1 N–H and O–H groups in total. The zero-order valence-electron chi connectivity index (χ0n) is 14.6. The number of rotatable bonds is 7. The fraction of sp³-hybridized carbons (Fsp3) is 0.350. The van der Waals surface area contributed by atoms with E-state index in [1.807, 2.05) is 30.3 Å². The van der Waals surface area contributed by atoms with E-state index >= 15 is 0 Å². The maximum atomic E-state index is 13.4. The van der Waals surface area contributed by atoms with Gasteiger partial charge < -0.3 is 9.94 Å². The second-order valence-electron chi connectivity index (χ2n) is 6.65. The van der Waals surface area contributed by atoms with Crippen LogP contribution < -0.4 is 0 Å². The number of benzene rings is 2. The summed E-state index contributed by atoms with van der Waals surface area (Å²) in [6.45, 7) is 3.36. The van der Waals surface area contributed by atoms with Crippen LogP contribution in [0.1, 0.15) is 24.5 Å². The Hall–Kier alpha value is -1.95. The van der Waals surface area contributed by atoms with Crippen LogP contribution >= 0.6 is 11.6 Å². The number of hydrogen-bond donors (Lipinski definition) is 1. The summed E-state index contributed by atoms with van der Waals surface area (Å²) in [5, 5.41) is 14.7. The molecule has 138 valence electrons. The normalized spacial score (nSPS) is 17.9. The van der Waals surface area contributed by atoms with Crippen LogP contribution in [0, 0.1) is 5.82 Å². The highest BCUT2D eigenvalue weighted by Gasteiger charge is 2.25. The number of oxime groups is 1. The third-order valence-corrected chi connectivity index (χ3v) is 4.44. The Morgan fingerprint density at radius 2 is 2.08 bits per heavy atom. The van der Waals surface area contributed by atoms with Crippen LogP contribution in [0.3, 0.4) is 0 Å². The van der Waals surface area contributed by atoms with Crippen molar-refractivity contribution < 1.29 is 14.3 Å². The van der Waals surface area contributed by atoms with E-state index in [0.717, 1.165) is 16.8 Å². The van der Waals surface area contributed by atoms with Crippen LogP contribution in [0.15, 0.2) is 53.7 Å². The lowest BCUT2D eigenvalue weighted by Gasteiger charge is -2.25. The molecule has 0 bridgehead atoms. The first-order valence-electron chi connectivity index (χ1n) is 8.63. The zero-order chi connectivity index (χ0) is 18.5. The summed E-state index contributed by atoms with van der Waals surface area (Å²) in [4.78, 5) is 7.64. The predicted molar refractivity (Wildman–Crippen MR) is 101 cm³/mol. The molecule has 1 heterocycles. The van der Waals surface area contributed by atoms with Gasteiger partial charge in [0.05, 0.1) is 11.8 Å². The van der Waals surface area contributed by atoms with Gasteiger partial charge in [0.25, 0.3) is 0 Å². The molecule has 4 nitrogen and oxygen atoms in total. The highest BCUT2D eigenvalue weighted by atomic mass is 35.5. The highest BCUT2D eigenvalue weighted by molar-refractivity contribution is 6.30. The van der Waals surface area contributed by atoms with Crippen molar-refractivity contribution in [2.45, 2.75) is 32.1 Å². The molecule has 0 aromatic heterocycles. The standard InChI is InChI=1S/C20H22ClFN2O2/c1-14(25)11-24(12-15-3-2-4-18(22)9-15)13-19-10-20(23-26-19)16-5-7-17(21)8-6-16/h2-9,14,19,25H,10-13H2,1H3/t14-,19-/m1/s1. The van der Waals surface area contributed by atoms with E-state index in [4.69, 9.17) is 16.4 Å². The Labute approximate surface area is 157 Å². The Balaban J connectivity index is 1.62. The Kier molecular flexibility index (Phi) is 6.25. The topological polar surface area (TPSA) is 45.1 Å². The van der Waals surface area contributed by atoms with Crippen LogP contribution in [-0.2, 0) is 11.4 Å². The van der Waals surface area contributed by atoms with Gasteiger partial charge in [-0.2, -0.15) is 0 Å². The Morgan fingerprint density at radius 1 is 1.31 bits per heavy atom. The minimum absolute atomic E-state index is 0.104. The van der Waals surface area contributed by atoms with Crippen LogP contribution in [0.2, 0.25) is 5.02 Å². The van der Waals surface area contributed by atoms with E-state index in [9.17, 15) is 9.50 Å². The molecule has 1 aliphatic heterocycles. The quantitative estimate of drug-likeness (QED) is 0.798. The molecule has 0 amide bonds. The van der Waals surface area contributed by atoms with Crippen molar-refractivity contribution in [2.24, 2.45) is 5.16 Å². The van der Waals surface area contributed by atoms with Crippen molar-refractivity contribution in [3.63, 3.8) is 0 Å². The maximum absolute atomic E-state index is 13.4. The van der Waals surface area contributed by atoms with Crippen molar-refractivity contribution in [1.82, 2.24) is 4.90 Å². The molecular formula is C20H22ClFN2O2. The molecule has 2 aromatic carbocycles. The van der Waals surface area contributed by atoms with Crippen molar-refractivity contribution in [2.75, 3.05) is 13.1 Å². The number of nitrogens with zero attached hydrogens (tertiary/aromatic N) is 2. The van der Waals surface area contributed by atoms with Gasteiger partial charge in [0.2, 0.25) is 0 Å². The summed E-state index contributed by atoms with van der Waals surface area (Å²) in [5.41, 5.74) is 2.74. The first-order chi connectivity index (χ1) is 12.5. The van der Waals surface area contributed by atoms with E-state index in [1.165, 1.54) is 12.1 Å². The van der Waals surface area contributed by atoms with Crippen LogP contribution in [0.25, 0.3) is 0 Å². The lowest BCUT2D eigenvalue weighted by molar-refractivity contribution is 0.0351. The second-order valence-corrected chi connectivity index (χ2v) is 7.09. The summed E-state index contributed by atoms with van der Waals surface area (Å²) in [6.07, 6.45) is 0.0933. The molecule has 0 saturated heterocycles. The largest absolute Gasteiger partial charge is 0.392 e. The minimum Gasteiger partial charge on any atom is -0.392 e. The molecular weight excluding hydrogens is 355 g/mol. The summed E-state index contributed by atoms with van der Waals surface area (Å²) in [7, 11) is 0. The number of halogens is 2. The van der Waals surface area contributed by atoms with Gasteiger partial charge in [0, 0.05) is 31.1 Å². The first kappa shape index (κ1) is 18.8. The molecule has 2 atom stereocenters. The molecule has 0 fully saturated rings. The molecule has 0 unspecified atom stereocenters. The molecule has 0 spiro atoms. The SMILES string of the molecule is C[C@@H](O)CN(Cc1cccc(F)c1)C[C@H]1CC(c2ccc(Cl)cc2)=NO1. The van der Waals surface area contributed by atoms with Crippen LogP contribution in [0.5, 0.6) is 0 Å². The minimum atomic E-state index is -0.485. The van der Waals surface area contributed by atoms with Gasteiger partial charge in [-0.1, -0.05) is 41.0 Å². The van der Waals surface area contributed by atoms with Gasteiger partial charge in [0.1, 0.15) is 11.9 Å². The summed E-state index contributed by atoms with van der Waals surface area (Å²) in [6, 6.07) is 14.0. The first-order valence-corrected chi connectivity index (χ1v) is 9.01. The van der Waals surface area contributed by atoms with Gasteiger partial charge in [-0.15, -0.1) is 0 Å².